The minimum Gasteiger partial charge on any atom is -0.480 e. The van der Waals surface area contributed by atoms with E-state index >= 15 is 0 Å². The van der Waals surface area contributed by atoms with Crippen molar-refractivity contribution >= 4 is 60.1 Å². The van der Waals surface area contributed by atoms with Crippen molar-refractivity contribution in [3.63, 3.8) is 0 Å². The molecule has 29 heavy (non-hydrogen) atoms. The first kappa shape index (κ1) is 21.7. The van der Waals surface area contributed by atoms with E-state index in [4.69, 9.17) is 11.6 Å². The summed E-state index contributed by atoms with van der Waals surface area (Å²) in [6.07, 6.45) is 1.74. The van der Waals surface area contributed by atoms with E-state index in [0.717, 1.165) is 15.2 Å². The van der Waals surface area contributed by atoms with Gasteiger partial charge in [0.15, 0.2) is 0 Å². The molecule has 6 nitrogen and oxygen atoms in total. The van der Waals surface area contributed by atoms with E-state index in [1.165, 1.54) is 12.1 Å². The van der Waals surface area contributed by atoms with Crippen LogP contribution in [-0.4, -0.2) is 30.5 Å². The monoisotopic (exact) mass is 498 g/mol. The van der Waals surface area contributed by atoms with Crippen molar-refractivity contribution in [1.29, 1.82) is 0 Å². The average molecular weight is 500 g/mol. The summed E-state index contributed by atoms with van der Waals surface area (Å²) >= 11 is 9.32. The zero-order chi connectivity index (χ0) is 21.6. The van der Waals surface area contributed by atoms with Crippen LogP contribution in [0.3, 0.4) is 0 Å². The van der Waals surface area contributed by atoms with Crippen molar-refractivity contribution in [2.75, 3.05) is 4.31 Å². The normalized spacial score (nSPS) is 13.4. The van der Waals surface area contributed by atoms with E-state index in [0.29, 0.717) is 4.47 Å². The first-order valence-corrected chi connectivity index (χ1v) is 11.3. The van der Waals surface area contributed by atoms with Crippen molar-refractivity contribution in [2.45, 2.75) is 31.7 Å². The Balaban J connectivity index is 2.30. The number of aliphatic carboxylic acids is 1. The number of H-pyrrole nitrogens is 1. The number of hydrogen-bond acceptors (Lipinski definition) is 3. The van der Waals surface area contributed by atoms with Crippen LogP contribution in [0.2, 0.25) is 5.02 Å². The van der Waals surface area contributed by atoms with Crippen LogP contribution in [0.25, 0.3) is 10.9 Å². The minimum absolute atomic E-state index is 0.0958. The average Bonchev–Trinajstić information content (AvgIpc) is 3.04. The van der Waals surface area contributed by atoms with E-state index in [1.54, 1.807) is 57.3 Å². The maximum absolute atomic E-state index is 13.7. The highest BCUT2D eigenvalue weighted by Gasteiger charge is 2.43. The number of fused-ring (bicyclic) bond motifs is 1. The number of rotatable bonds is 5. The molecule has 0 aliphatic rings. The molecule has 0 aliphatic heterocycles. The molecule has 154 valence electrons. The Hall–Kier alpha value is -2.03. The van der Waals surface area contributed by atoms with Crippen molar-refractivity contribution in [3.05, 3.63) is 58.2 Å². The van der Waals surface area contributed by atoms with Crippen molar-refractivity contribution in [1.82, 2.24) is 4.98 Å². The van der Waals surface area contributed by atoms with Gasteiger partial charge in [0.2, 0.25) is 0 Å². The second-order valence-corrected chi connectivity index (χ2v) is 10.9. The molecule has 1 atom stereocenters. The van der Waals surface area contributed by atoms with E-state index in [2.05, 4.69) is 20.9 Å². The van der Waals surface area contributed by atoms with Gasteiger partial charge in [-0.25, -0.2) is 13.2 Å². The van der Waals surface area contributed by atoms with E-state index < -0.39 is 27.4 Å². The summed E-state index contributed by atoms with van der Waals surface area (Å²) in [5.74, 6) is -1.24. The lowest BCUT2D eigenvalue weighted by Crippen LogP contribution is -2.52. The predicted octanol–water partition coefficient (Wildman–Crippen LogP) is 5.28. The summed E-state index contributed by atoms with van der Waals surface area (Å²) in [6.45, 7) is 5.07. The van der Waals surface area contributed by atoms with Crippen LogP contribution in [-0.2, 0) is 14.8 Å². The van der Waals surface area contributed by atoms with Crippen molar-refractivity contribution in [3.8, 4) is 0 Å². The Labute approximate surface area is 182 Å². The molecule has 1 aromatic heterocycles. The van der Waals surface area contributed by atoms with Gasteiger partial charge in [-0.3, -0.25) is 4.31 Å². The molecule has 9 heteroatoms. The van der Waals surface area contributed by atoms with Crippen LogP contribution in [0.5, 0.6) is 0 Å². The first-order valence-electron chi connectivity index (χ1n) is 8.72. The Morgan fingerprint density at radius 3 is 2.45 bits per heavy atom. The number of carbonyl (C=O) groups is 1. The molecule has 0 spiro atoms. The summed E-state index contributed by atoms with van der Waals surface area (Å²) in [7, 11) is -4.25. The number of sulfonamides is 1. The number of aromatic nitrogens is 1. The highest BCUT2D eigenvalue weighted by atomic mass is 79.9. The molecule has 3 rings (SSSR count). The molecule has 2 N–H and O–H groups in total. The molecule has 0 amide bonds. The summed E-state index contributed by atoms with van der Waals surface area (Å²) in [5, 5.41) is 11.0. The van der Waals surface area contributed by atoms with Gasteiger partial charge in [-0.1, -0.05) is 48.3 Å². The van der Waals surface area contributed by atoms with Gasteiger partial charge in [-0.15, -0.1) is 0 Å². The number of nitrogens with zero attached hydrogens (tertiary/aromatic N) is 1. The summed E-state index contributed by atoms with van der Waals surface area (Å²) in [5.41, 5.74) is 0.191. The molecule has 0 bridgehead atoms. The quantitative estimate of drug-likeness (QED) is 0.500. The van der Waals surface area contributed by atoms with Gasteiger partial charge in [-0.05, 0) is 47.9 Å². The SMILES string of the molecule is CC(C)(C)C(C(=O)O)N(c1ccc2[nH]ccc2c1)S(=O)(=O)c1cc(Cl)cc(Br)c1. The maximum Gasteiger partial charge on any atom is 0.328 e. The molecule has 0 saturated heterocycles. The van der Waals surface area contributed by atoms with E-state index in [9.17, 15) is 18.3 Å². The Morgan fingerprint density at radius 2 is 1.86 bits per heavy atom. The van der Waals surface area contributed by atoms with Crippen LogP contribution in [0.4, 0.5) is 5.69 Å². The lowest BCUT2D eigenvalue weighted by Gasteiger charge is -2.37. The van der Waals surface area contributed by atoms with E-state index in [-0.39, 0.29) is 15.6 Å². The third kappa shape index (κ3) is 4.29. The molecule has 2 aromatic carbocycles. The summed E-state index contributed by atoms with van der Waals surface area (Å²) in [6, 6.07) is 9.71. The van der Waals surface area contributed by atoms with Crippen molar-refractivity contribution < 1.29 is 18.3 Å². The van der Waals surface area contributed by atoms with Gasteiger partial charge >= 0.3 is 5.97 Å². The molecule has 3 aromatic rings. The molecule has 0 radical (unpaired) electrons. The molecular weight excluding hydrogens is 480 g/mol. The van der Waals surface area contributed by atoms with Gasteiger partial charge in [0, 0.05) is 26.6 Å². The largest absolute Gasteiger partial charge is 0.480 e. The van der Waals surface area contributed by atoms with E-state index in [1.807, 2.05) is 0 Å². The topological polar surface area (TPSA) is 90.5 Å². The Morgan fingerprint density at radius 1 is 1.17 bits per heavy atom. The molecule has 1 unspecified atom stereocenters. The predicted molar refractivity (Wildman–Crippen MR) is 118 cm³/mol. The number of nitrogens with one attached hydrogen (secondary N) is 1. The summed E-state index contributed by atoms with van der Waals surface area (Å²) < 4.78 is 28.8. The molecule has 0 fully saturated rings. The van der Waals surface area contributed by atoms with Crippen molar-refractivity contribution in [2.24, 2.45) is 5.41 Å². The van der Waals surface area contributed by atoms with Crippen LogP contribution in [0.15, 0.2) is 58.0 Å². The maximum atomic E-state index is 13.7. The lowest BCUT2D eigenvalue weighted by molar-refractivity contribution is -0.140. The number of anilines is 1. The van der Waals surface area contributed by atoms with Crippen LogP contribution in [0.1, 0.15) is 20.8 Å². The smallest absolute Gasteiger partial charge is 0.328 e. The van der Waals surface area contributed by atoms with Gasteiger partial charge in [0.1, 0.15) is 6.04 Å². The number of hydrogen-bond donors (Lipinski definition) is 2. The lowest BCUT2D eigenvalue weighted by atomic mass is 9.86. The third-order valence-electron chi connectivity index (χ3n) is 4.47. The van der Waals surface area contributed by atoms with Gasteiger partial charge in [0.05, 0.1) is 10.6 Å². The van der Waals surface area contributed by atoms with Gasteiger partial charge in [-0.2, -0.15) is 0 Å². The molecule has 0 saturated carbocycles. The number of carboxylic acid groups (broad SMARTS) is 1. The fourth-order valence-corrected chi connectivity index (χ4v) is 6.15. The van der Waals surface area contributed by atoms with Gasteiger partial charge in [0.25, 0.3) is 10.0 Å². The number of benzene rings is 2. The molecule has 1 heterocycles. The highest BCUT2D eigenvalue weighted by Crippen LogP contribution is 2.36. The van der Waals surface area contributed by atoms with Gasteiger partial charge < -0.3 is 10.1 Å². The highest BCUT2D eigenvalue weighted by molar-refractivity contribution is 9.10. The second-order valence-electron chi connectivity index (χ2n) is 7.76. The number of carboxylic acids is 1. The Bertz CT molecular complexity index is 1160. The third-order valence-corrected chi connectivity index (χ3v) is 6.92. The molecule has 0 aliphatic carbocycles. The minimum atomic E-state index is -4.25. The number of halogens is 2. The van der Waals surface area contributed by atoms with Crippen LogP contribution in [0, 0.1) is 5.41 Å². The Kier molecular flexibility index (Phi) is 5.73. The standard InChI is InChI=1S/C20H20BrClN2O4S/c1-20(2,3)18(19(25)26)24(15-4-5-17-12(8-15)6-7-23-17)29(27,28)16-10-13(21)9-14(22)11-16/h4-11,18,23H,1-3H3,(H,25,26). The number of aromatic amines is 1. The zero-order valence-electron chi connectivity index (χ0n) is 16.0. The van der Waals surface area contributed by atoms with Crippen LogP contribution < -0.4 is 4.31 Å². The molecular formula is C20H20BrClN2O4S. The zero-order valence-corrected chi connectivity index (χ0v) is 19.1. The second kappa shape index (κ2) is 7.66. The fourth-order valence-electron chi connectivity index (χ4n) is 3.22. The first-order chi connectivity index (χ1) is 13.4. The van der Waals surface area contributed by atoms with Crippen LogP contribution >= 0.6 is 27.5 Å². The fraction of sp³-hybridized carbons (Fsp3) is 0.250. The summed E-state index contributed by atoms with van der Waals surface area (Å²) in [4.78, 5) is 15.2.